The molecule has 0 atom stereocenters. The van der Waals surface area contributed by atoms with E-state index in [0.717, 1.165) is 11.2 Å². The molecule has 1 aromatic rings. The van der Waals surface area contributed by atoms with Crippen molar-refractivity contribution in [3.05, 3.63) is 40.9 Å². The summed E-state index contributed by atoms with van der Waals surface area (Å²) in [4.78, 5) is 14.5. The smallest absolute Gasteiger partial charge is 0.158 e. The van der Waals surface area contributed by atoms with E-state index < -0.39 is 0 Å². The zero-order valence-corrected chi connectivity index (χ0v) is 10.0. The third kappa shape index (κ3) is 4.21. The molecule has 1 aromatic carbocycles. The Bertz CT molecular complexity index is 354. The van der Waals surface area contributed by atoms with E-state index in [1.807, 2.05) is 56.4 Å². The Morgan fingerprint density at radius 3 is 2.33 bits per heavy atom. The first-order chi connectivity index (χ1) is 7.11. The molecular formula is C12H15NOS. The molecule has 0 fully saturated rings. The molecule has 80 valence electrons. The number of hydrogen-bond donors (Lipinski definition) is 0. The Kier molecular flexibility index (Phi) is 4.43. The Morgan fingerprint density at radius 1 is 1.27 bits per heavy atom. The molecule has 0 aromatic heterocycles. The van der Waals surface area contributed by atoms with Gasteiger partial charge in [-0.3, -0.25) is 4.79 Å². The van der Waals surface area contributed by atoms with Crippen LogP contribution in [0.25, 0.3) is 0 Å². The average Bonchev–Trinajstić information content (AvgIpc) is 2.19. The lowest BCUT2D eigenvalue weighted by Gasteiger charge is -2.07. The fraction of sp³-hybridized carbons (Fsp3) is 0.250. The van der Waals surface area contributed by atoms with Crippen molar-refractivity contribution in [2.45, 2.75) is 11.8 Å². The van der Waals surface area contributed by atoms with Gasteiger partial charge >= 0.3 is 0 Å². The van der Waals surface area contributed by atoms with Gasteiger partial charge < -0.3 is 4.90 Å². The summed E-state index contributed by atoms with van der Waals surface area (Å²) in [5.74, 6) is 0. The van der Waals surface area contributed by atoms with Crippen LogP contribution in [0.15, 0.2) is 40.3 Å². The van der Waals surface area contributed by atoms with Crippen molar-refractivity contribution < 1.29 is 4.79 Å². The first-order valence-electron chi connectivity index (χ1n) is 4.70. The van der Waals surface area contributed by atoms with Crippen LogP contribution in [0.3, 0.4) is 0 Å². The molecule has 0 bridgehead atoms. The Balaban J connectivity index is 2.75. The van der Waals surface area contributed by atoms with Gasteiger partial charge in [0.05, 0.1) is 4.91 Å². The summed E-state index contributed by atoms with van der Waals surface area (Å²) in [6, 6.07) is 8.13. The van der Waals surface area contributed by atoms with Gasteiger partial charge in [-0.25, -0.2) is 0 Å². The summed E-state index contributed by atoms with van der Waals surface area (Å²) >= 11 is 1.48. The van der Waals surface area contributed by atoms with Crippen molar-refractivity contribution in [2.75, 3.05) is 14.1 Å². The van der Waals surface area contributed by atoms with Gasteiger partial charge in [0.2, 0.25) is 0 Å². The van der Waals surface area contributed by atoms with Crippen LogP contribution < -0.4 is 0 Å². The lowest BCUT2D eigenvalue weighted by Crippen LogP contribution is -2.02. The number of carbonyl (C=O) groups is 1. The fourth-order valence-corrected chi connectivity index (χ4v) is 1.93. The first-order valence-corrected chi connectivity index (χ1v) is 5.51. The number of benzene rings is 1. The minimum absolute atomic E-state index is 0.712. The molecular weight excluding hydrogens is 206 g/mol. The van der Waals surface area contributed by atoms with E-state index in [0.29, 0.717) is 4.91 Å². The van der Waals surface area contributed by atoms with E-state index in [1.54, 1.807) is 0 Å². The molecule has 0 spiro atoms. The quantitative estimate of drug-likeness (QED) is 0.443. The molecule has 15 heavy (non-hydrogen) atoms. The topological polar surface area (TPSA) is 20.3 Å². The highest BCUT2D eigenvalue weighted by molar-refractivity contribution is 8.03. The second-order valence-electron chi connectivity index (χ2n) is 3.53. The number of aryl methyl sites for hydroxylation is 1. The maximum absolute atomic E-state index is 10.8. The monoisotopic (exact) mass is 221 g/mol. The number of nitrogens with zero attached hydrogens (tertiary/aromatic N) is 1. The largest absolute Gasteiger partial charge is 0.382 e. The third-order valence-electron chi connectivity index (χ3n) is 1.76. The molecule has 0 N–H and O–H groups in total. The third-order valence-corrected chi connectivity index (χ3v) is 2.70. The zero-order valence-electron chi connectivity index (χ0n) is 9.23. The van der Waals surface area contributed by atoms with Gasteiger partial charge in [0.25, 0.3) is 0 Å². The summed E-state index contributed by atoms with van der Waals surface area (Å²) in [5.41, 5.74) is 1.23. The van der Waals surface area contributed by atoms with Crippen LogP contribution >= 0.6 is 11.8 Å². The van der Waals surface area contributed by atoms with Crippen LogP contribution in [0.2, 0.25) is 0 Å². The number of carbonyl (C=O) groups excluding carboxylic acids is 1. The fourth-order valence-electron chi connectivity index (χ4n) is 1.08. The molecule has 0 radical (unpaired) electrons. The summed E-state index contributed by atoms with van der Waals surface area (Å²) in [5, 5.41) is 0. The van der Waals surface area contributed by atoms with E-state index in [-0.39, 0.29) is 0 Å². The van der Waals surface area contributed by atoms with Crippen LogP contribution in [0.5, 0.6) is 0 Å². The zero-order chi connectivity index (χ0) is 11.3. The Morgan fingerprint density at radius 2 is 1.87 bits per heavy atom. The van der Waals surface area contributed by atoms with Gasteiger partial charge in [-0.2, -0.15) is 0 Å². The minimum atomic E-state index is 0.712. The van der Waals surface area contributed by atoms with Gasteiger partial charge in [-0.1, -0.05) is 29.5 Å². The predicted molar refractivity (Wildman–Crippen MR) is 64.9 cm³/mol. The normalized spacial score (nSPS) is 11.3. The molecule has 0 saturated heterocycles. The molecule has 0 unspecified atom stereocenters. The van der Waals surface area contributed by atoms with E-state index in [9.17, 15) is 4.79 Å². The van der Waals surface area contributed by atoms with Crippen molar-refractivity contribution in [1.82, 2.24) is 4.90 Å². The van der Waals surface area contributed by atoms with Gasteiger partial charge in [0.15, 0.2) is 6.29 Å². The number of hydrogen-bond acceptors (Lipinski definition) is 3. The van der Waals surface area contributed by atoms with Gasteiger partial charge in [0, 0.05) is 25.2 Å². The van der Waals surface area contributed by atoms with Crippen LogP contribution in [-0.2, 0) is 4.79 Å². The number of rotatable bonds is 4. The van der Waals surface area contributed by atoms with Crippen LogP contribution in [0.1, 0.15) is 5.56 Å². The molecule has 0 aliphatic heterocycles. The summed E-state index contributed by atoms with van der Waals surface area (Å²) in [6.45, 7) is 2.05. The highest BCUT2D eigenvalue weighted by atomic mass is 32.2. The molecule has 0 amide bonds. The maximum Gasteiger partial charge on any atom is 0.158 e. The van der Waals surface area contributed by atoms with E-state index in [4.69, 9.17) is 0 Å². The van der Waals surface area contributed by atoms with Crippen molar-refractivity contribution in [3.8, 4) is 0 Å². The standard InChI is InChI=1S/C12H15NOS/c1-10-4-6-11(7-5-10)15-12(9-14)8-13(2)3/h4-9H,1-3H3. The predicted octanol–water partition coefficient (Wildman–Crippen LogP) is 2.69. The second-order valence-corrected chi connectivity index (χ2v) is 4.67. The summed E-state index contributed by atoms with van der Waals surface area (Å²) in [7, 11) is 3.80. The minimum Gasteiger partial charge on any atom is -0.382 e. The lowest BCUT2D eigenvalue weighted by atomic mass is 10.2. The van der Waals surface area contributed by atoms with E-state index in [2.05, 4.69) is 0 Å². The Hall–Kier alpha value is -1.22. The molecule has 0 saturated carbocycles. The SMILES string of the molecule is Cc1ccc(SC(C=O)=CN(C)C)cc1. The Labute approximate surface area is 95.0 Å². The van der Waals surface area contributed by atoms with Crippen molar-refractivity contribution in [1.29, 1.82) is 0 Å². The highest BCUT2D eigenvalue weighted by Gasteiger charge is 1.99. The lowest BCUT2D eigenvalue weighted by molar-refractivity contribution is -0.104. The second kappa shape index (κ2) is 5.61. The molecule has 0 aliphatic rings. The van der Waals surface area contributed by atoms with Crippen molar-refractivity contribution in [2.24, 2.45) is 0 Å². The van der Waals surface area contributed by atoms with E-state index in [1.165, 1.54) is 17.3 Å². The van der Waals surface area contributed by atoms with Crippen LogP contribution in [0, 0.1) is 6.92 Å². The van der Waals surface area contributed by atoms with Gasteiger partial charge in [0.1, 0.15) is 0 Å². The molecule has 1 rings (SSSR count). The van der Waals surface area contributed by atoms with Gasteiger partial charge in [-0.15, -0.1) is 0 Å². The molecule has 3 heteroatoms. The van der Waals surface area contributed by atoms with Crippen LogP contribution in [0.4, 0.5) is 0 Å². The maximum atomic E-state index is 10.8. The van der Waals surface area contributed by atoms with Crippen molar-refractivity contribution >= 4 is 18.0 Å². The highest BCUT2D eigenvalue weighted by Crippen LogP contribution is 2.25. The number of thioether (sulfide) groups is 1. The number of aldehydes is 1. The molecule has 0 aliphatic carbocycles. The van der Waals surface area contributed by atoms with Crippen molar-refractivity contribution in [3.63, 3.8) is 0 Å². The first kappa shape index (κ1) is 11.9. The molecule has 2 nitrogen and oxygen atoms in total. The van der Waals surface area contributed by atoms with Crippen LogP contribution in [-0.4, -0.2) is 25.3 Å². The summed E-state index contributed by atoms with van der Waals surface area (Å²) in [6.07, 6.45) is 2.70. The summed E-state index contributed by atoms with van der Waals surface area (Å²) < 4.78 is 0. The average molecular weight is 221 g/mol. The van der Waals surface area contributed by atoms with Gasteiger partial charge in [-0.05, 0) is 19.1 Å². The van der Waals surface area contributed by atoms with E-state index >= 15 is 0 Å². The molecule has 0 heterocycles. The number of allylic oxidation sites excluding steroid dienone is 1.